The average molecular weight is 359 g/mol. The Morgan fingerprint density at radius 3 is 2.54 bits per heavy atom. The molecule has 1 rings (SSSR count). The molecule has 0 fully saturated rings. The number of amides is 1. The molecule has 0 aliphatic heterocycles. The molecular formula is C13H17N3O7S. The molecule has 0 bridgehead atoms. The summed E-state index contributed by atoms with van der Waals surface area (Å²) < 4.78 is 26.0. The lowest BCUT2D eigenvalue weighted by molar-refractivity contribution is -0.385. The summed E-state index contributed by atoms with van der Waals surface area (Å²) in [5.74, 6) is -1.78. The number of carboxylic acid groups (broad SMARTS) is 1. The van der Waals surface area contributed by atoms with Crippen LogP contribution in [-0.2, 0) is 19.6 Å². The molecule has 2 N–H and O–H groups in total. The van der Waals surface area contributed by atoms with E-state index in [0.29, 0.717) is 4.31 Å². The van der Waals surface area contributed by atoms with Crippen LogP contribution in [0, 0.1) is 10.1 Å². The van der Waals surface area contributed by atoms with Crippen molar-refractivity contribution in [3.8, 4) is 0 Å². The van der Waals surface area contributed by atoms with E-state index < -0.39 is 43.4 Å². The summed E-state index contributed by atoms with van der Waals surface area (Å²) in [7, 11) is -4.30. The summed E-state index contributed by atoms with van der Waals surface area (Å²) in [4.78, 5) is 31.7. The van der Waals surface area contributed by atoms with E-state index in [4.69, 9.17) is 5.11 Å². The molecule has 132 valence electrons. The molecule has 0 aliphatic carbocycles. The Kier molecular flexibility index (Phi) is 6.37. The standard InChI is InChI=1S/C13H17N3O7S/c1-9(13(18)19)15(7-6-14-10(2)17)24(22,23)12-5-3-4-11(8-12)16(20)21/h3-5,8-9H,6-7H2,1-2H3,(H,14,17)(H,18,19). The van der Waals surface area contributed by atoms with E-state index in [1.54, 1.807) is 0 Å². The van der Waals surface area contributed by atoms with Crippen LogP contribution in [0.15, 0.2) is 29.2 Å². The quantitative estimate of drug-likeness (QED) is 0.497. The van der Waals surface area contributed by atoms with Crippen LogP contribution in [0.2, 0.25) is 0 Å². The van der Waals surface area contributed by atoms with Crippen molar-refractivity contribution in [3.05, 3.63) is 34.4 Å². The van der Waals surface area contributed by atoms with E-state index in [2.05, 4.69) is 5.32 Å². The maximum absolute atomic E-state index is 12.7. The summed E-state index contributed by atoms with van der Waals surface area (Å²) in [5.41, 5.74) is -0.430. The van der Waals surface area contributed by atoms with Crippen LogP contribution in [0.5, 0.6) is 0 Å². The van der Waals surface area contributed by atoms with Crippen molar-refractivity contribution >= 4 is 27.6 Å². The minimum Gasteiger partial charge on any atom is -0.480 e. The SMILES string of the molecule is CC(=O)NCCN(C(C)C(=O)O)S(=O)(=O)c1cccc([N+](=O)[O-])c1. The maximum atomic E-state index is 12.7. The van der Waals surface area contributed by atoms with Gasteiger partial charge in [-0.15, -0.1) is 0 Å². The number of rotatable bonds is 8. The predicted molar refractivity (Wildman–Crippen MR) is 82.8 cm³/mol. The van der Waals surface area contributed by atoms with Crippen molar-refractivity contribution in [2.24, 2.45) is 0 Å². The number of nitro benzene ring substituents is 1. The Morgan fingerprint density at radius 1 is 1.42 bits per heavy atom. The highest BCUT2D eigenvalue weighted by Crippen LogP contribution is 2.22. The largest absolute Gasteiger partial charge is 0.480 e. The number of sulfonamides is 1. The van der Waals surface area contributed by atoms with Gasteiger partial charge < -0.3 is 10.4 Å². The maximum Gasteiger partial charge on any atom is 0.321 e. The number of aliphatic carboxylic acids is 1. The van der Waals surface area contributed by atoms with Crippen LogP contribution in [0.4, 0.5) is 5.69 Å². The number of nitrogens with zero attached hydrogens (tertiary/aromatic N) is 2. The first-order valence-electron chi connectivity index (χ1n) is 6.81. The van der Waals surface area contributed by atoms with Crippen molar-refractivity contribution in [1.82, 2.24) is 9.62 Å². The van der Waals surface area contributed by atoms with Crippen LogP contribution < -0.4 is 5.32 Å². The highest BCUT2D eigenvalue weighted by atomic mass is 32.2. The average Bonchev–Trinajstić information content (AvgIpc) is 2.50. The fourth-order valence-corrected chi connectivity index (χ4v) is 3.51. The summed E-state index contributed by atoms with van der Waals surface area (Å²) in [6.07, 6.45) is 0. The molecule has 0 aromatic heterocycles. The first kappa shape index (κ1) is 19.5. The van der Waals surface area contributed by atoms with Gasteiger partial charge in [0, 0.05) is 32.1 Å². The van der Waals surface area contributed by atoms with E-state index in [9.17, 15) is 28.1 Å². The third-order valence-corrected chi connectivity index (χ3v) is 5.10. The molecule has 0 saturated heterocycles. The molecule has 1 aromatic carbocycles. The van der Waals surface area contributed by atoms with Gasteiger partial charge in [0.25, 0.3) is 5.69 Å². The Morgan fingerprint density at radius 2 is 2.04 bits per heavy atom. The first-order chi connectivity index (χ1) is 11.1. The number of hydrogen-bond donors (Lipinski definition) is 2. The molecule has 1 amide bonds. The van der Waals surface area contributed by atoms with Crippen LogP contribution in [0.1, 0.15) is 13.8 Å². The fraction of sp³-hybridized carbons (Fsp3) is 0.385. The number of carboxylic acids is 1. The molecule has 11 heteroatoms. The van der Waals surface area contributed by atoms with Gasteiger partial charge in [0.2, 0.25) is 15.9 Å². The van der Waals surface area contributed by atoms with E-state index in [0.717, 1.165) is 18.2 Å². The molecule has 1 atom stereocenters. The van der Waals surface area contributed by atoms with Gasteiger partial charge in [0.05, 0.1) is 9.82 Å². The molecule has 1 aromatic rings. The van der Waals surface area contributed by atoms with Crippen molar-refractivity contribution in [2.45, 2.75) is 24.8 Å². The molecule has 0 aliphatic rings. The third kappa shape index (κ3) is 4.73. The van der Waals surface area contributed by atoms with Gasteiger partial charge in [0.1, 0.15) is 6.04 Å². The number of nitrogens with one attached hydrogen (secondary N) is 1. The number of nitro groups is 1. The summed E-state index contributed by atoms with van der Waals surface area (Å²) in [5, 5.41) is 22.3. The number of carbonyl (C=O) groups excluding carboxylic acids is 1. The molecule has 10 nitrogen and oxygen atoms in total. The lowest BCUT2D eigenvalue weighted by atomic mass is 10.3. The van der Waals surface area contributed by atoms with Gasteiger partial charge >= 0.3 is 5.97 Å². The minimum absolute atomic E-state index is 0.0961. The summed E-state index contributed by atoms with van der Waals surface area (Å²) in [6.45, 7) is 2.02. The van der Waals surface area contributed by atoms with E-state index in [1.807, 2.05) is 0 Å². The van der Waals surface area contributed by atoms with Gasteiger partial charge in [-0.3, -0.25) is 19.7 Å². The molecule has 1 unspecified atom stereocenters. The van der Waals surface area contributed by atoms with Gasteiger partial charge in [-0.2, -0.15) is 4.31 Å². The van der Waals surface area contributed by atoms with E-state index in [1.165, 1.54) is 19.9 Å². The van der Waals surface area contributed by atoms with Crippen LogP contribution >= 0.6 is 0 Å². The Hall–Kier alpha value is -2.53. The van der Waals surface area contributed by atoms with Gasteiger partial charge in [-0.1, -0.05) is 6.07 Å². The summed E-state index contributed by atoms with van der Waals surface area (Å²) >= 11 is 0. The Labute approximate surface area is 138 Å². The fourth-order valence-electron chi connectivity index (χ4n) is 1.88. The van der Waals surface area contributed by atoms with Crippen molar-refractivity contribution in [2.75, 3.05) is 13.1 Å². The van der Waals surface area contributed by atoms with Crippen molar-refractivity contribution in [1.29, 1.82) is 0 Å². The van der Waals surface area contributed by atoms with Crippen LogP contribution in [0.25, 0.3) is 0 Å². The van der Waals surface area contributed by atoms with Crippen molar-refractivity contribution in [3.63, 3.8) is 0 Å². The zero-order valence-electron chi connectivity index (χ0n) is 13.0. The second-order valence-corrected chi connectivity index (χ2v) is 6.76. The number of hydrogen-bond acceptors (Lipinski definition) is 6. The lowest BCUT2D eigenvalue weighted by Gasteiger charge is -2.25. The highest BCUT2D eigenvalue weighted by Gasteiger charge is 2.33. The Bertz CT molecular complexity index is 748. The molecule has 0 saturated carbocycles. The van der Waals surface area contributed by atoms with E-state index in [-0.39, 0.29) is 13.1 Å². The minimum atomic E-state index is -4.30. The first-order valence-corrected chi connectivity index (χ1v) is 8.25. The number of benzene rings is 1. The van der Waals surface area contributed by atoms with Gasteiger partial charge in [0.15, 0.2) is 0 Å². The van der Waals surface area contributed by atoms with E-state index >= 15 is 0 Å². The lowest BCUT2D eigenvalue weighted by Crippen LogP contribution is -2.46. The van der Waals surface area contributed by atoms with Crippen molar-refractivity contribution < 1.29 is 28.0 Å². The monoisotopic (exact) mass is 359 g/mol. The predicted octanol–water partition coefficient (Wildman–Crippen LogP) is 0.195. The highest BCUT2D eigenvalue weighted by molar-refractivity contribution is 7.89. The topological polar surface area (TPSA) is 147 Å². The molecular weight excluding hydrogens is 342 g/mol. The molecule has 24 heavy (non-hydrogen) atoms. The second-order valence-electron chi connectivity index (χ2n) is 4.87. The zero-order valence-corrected chi connectivity index (χ0v) is 13.8. The molecule has 0 radical (unpaired) electrons. The van der Waals surface area contributed by atoms with Gasteiger partial charge in [-0.25, -0.2) is 8.42 Å². The third-order valence-electron chi connectivity index (χ3n) is 3.13. The molecule has 0 heterocycles. The number of non-ortho nitro benzene ring substituents is 1. The molecule has 0 spiro atoms. The zero-order chi connectivity index (χ0) is 18.5. The number of carbonyl (C=O) groups is 2. The van der Waals surface area contributed by atoms with Gasteiger partial charge in [-0.05, 0) is 13.0 Å². The smallest absolute Gasteiger partial charge is 0.321 e. The second kappa shape index (κ2) is 7.84. The Balaban J connectivity index is 3.23. The van der Waals surface area contributed by atoms with Crippen LogP contribution in [-0.4, -0.2) is 53.8 Å². The van der Waals surface area contributed by atoms with Crippen LogP contribution in [0.3, 0.4) is 0 Å². The normalized spacial score (nSPS) is 12.6. The summed E-state index contributed by atoms with van der Waals surface area (Å²) in [6, 6.07) is 2.91.